The molecule has 0 radical (unpaired) electrons. The van der Waals surface area contributed by atoms with Crippen LogP contribution >= 0.6 is 0 Å². The Kier molecular flexibility index (Phi) is 4.09. The summed E-state index contributed by atoms with van der Waals surface area (Å²) in [6, 6.07) is 14.5. The first-order valence-electron chi connectivity index (χ1n) is 7.68. The van der Waals surface area contributed by atoms with E-state index in [4.69, 9.17) is 10.5 Å². The van der Waals surface area contributed by atoms with Gasteiger partial charge in [0, 0.05) is 26.2 Å². The predicted octanol–water partition coefficient (Wildman–Crippen LogP) is 2.91. The first-order valence-corrected chi connectivity index (χ1v) is 7.68. The van der Waals surface area contributed by atoms with E-state index in [1.807, 2.05) is 18.2 Å². The molecule has 3 rings (SSSR count). The average Bonchev–Trinajstić information content (AvgIpc) is 2.55. The summed E-state index contributed by atoms with van der Waals surface area (Å²) in [7, 11) is 1.72. The molecule has 1 aliphatic heterocycles. The highest BCUT2D eigenvalue weighted by atomic mass is 16.5. The molecule has 116 valence electrons. The number of ether oxygens (including phenoxy) is 1. The van der Waals surface area contributed by atoms with Crippen LogP contribution in [-0.2, 0) is 0 Å². The van der Waals surface area contributed by atoms with E-state index in [1.54, 1.807) is 7.11 Å². The minimum absolute atomic E-state index is 0.866. The second-order valence-electron chi connectivity index (χ2n) is 5.71. The first-order chi connectivity index (χ1) is 10.7. The summed E-state index contributed by atoms with van der Waals surface area (Å²) in [5.74, 6) is 0.936. The number of nitrogens with zero attached hydrogens (tertiary/aromatic N) is 2. The number of rotatable bonds is 3. The van der Waals surface area contributed by atoms with Gasteiger partial charge >= 0.3 is 0 Å². The van der Waals surface area contributed by atoms with Crippen molar-refractivity contribution in [2.75, 3.05) is 48.8 Å². The standard InChI is InChI=1S/C18H23N3O/c1-14-7-8-16(15(19)13-14)20-9-11-21(12-10-20)17-5-3-4-6-18(17)22-2/h3-8,13H,9-12,19H2,1-2H3. The van der Waals surface area contributed by atoms with Crippen molar-refractivity contribution in [3.8, 4) is 5.75 Å². The Labute approximate surface area is 132 Å². The van der Waals surface area contributed by atoms with E-state index in [0.29, 0.717) is 0 Å². The molecule has 0 spiro atoms. The molecular formula is C18H23N3O. The third-order valence-electron chi connectivity index (χ3n) is 4.23. The summed E-state index contributed by atoms with van der Waals surface area (Å²) in [5, 5.41) is 0. The predicted molar refractivity (Wildman–Crippen MR) is 93.0 cm³/mol. The minimum atomic E-state index is 0.866. The number of methoxy groups -OCH3 is 1. The summed E-state index contributed by atoms with van der Waals surface area (Å²) in [6.45, 7) is 5.93. The first kappa shape index (κ1) is 14.6. The van der Waals surface area contributed by atoms with E-state index in [2.05, 4.69) is 41.0 Å². The molecule has 4 nitrogen and oxygen atoms in total. The molecule has 22 heavy (non-hydrogen) atoms. The van der Waals surface area contributed by atoms with Crippen LogP contribution in [0.4, 0.5) is 17.1 Å². The highest BCUT2D eigenvalue weighted by Gasteiger charge is 2.20. The molecule has 0 bridgehead atoms. The lowest BCUT2D eigenvalue weighted by atomic mass is 10.1. The Hall–Kier alpha value is -2.36. The summed E-state index contributed by atoms with van der Waals surface area (Å²) >= 11 is 0. The smallest absolute Gasteiger partial charge is 0.142 e. The van der Waals surface area contributed by atoms with E-state index in [-0.39, 0.29) is 0 Å². The molecule has 4 heteroatoms. The van der Waals surface area contributed by atoms with E-state index in [1.165, 1.54) is 11.3 Å². The lowest BCUT2D eigenvalue weighted by Gasteiger charge is -2.38. The van der Waals surface area contributed by atoms with Crippen molar-refractivity contribution in [3.05, 3.63) is 48.0 Å². The SMILES string of the molecule is COc1ccccc1N1CCN(c2ccc(C)cc2N)CC1. The van der Waals surface area contributed by atoms with Gasteiger partial charge in [0.1, 0.15) is 5.75 Å². The lowest BCUT2D eigenvalue weighted by molar-refractivity contribution is 0.413. The van der Waals surface area contributed by atoms with Crippen LogP contribution in [0.2, 0.25) is 0 Å². The van der Waals surface area contributed by atoms with Crippen LogP contribution in [0.3, 0.4) is 0 Å². The molecule has 0 aliphatic carbocycles. The fourth-order valence-electron chi connectivity index (χ4n) is 3.04. The maximum absolute atomic E-state index is 6.17. The molecule has 1 fully saturated rings. The molecule has 2 N–H and O–H groups in total. The average molecular weight is 297 g/mol. The molecule has 0 atom stereocenters. The molecule has 2 aromatic carbocycles. The summed E-state index contributed by atoms with van der Waals surface area (Å²) in [6.07, 6.45) is 0. The van der Waals surface area contributed by atoms with Gasteiger partial charge in [-0.25, -0.2) is 0 Å². The zero-order chi connectivity index (χ0) is 15.5. The molecular weight excluding hydrogens is 274 g/mol. The van der Waals surface area contributed by atoms with Gasteiger partial charge in [-0.2, -0.15) is 0 Å². The van der Waals surface area contributed by atoms with Crippen LogP contribution in [-0.4, -0.2) is 33.3 Å². The van der Waals surface area contributed by atoms with Crippen LogP contribution in [0.25, 0.3) is 0 Å². The van der Waals surface area contributed by atoms with Crippen molar-refractivity contribution in [1.29, 1.82) is 0 Å². The van der Waals surface area contributed by atoms with Gasteiger partial charge in [0.2, 0.25) is 0 Å². The van der Waals surface area contributed by atoms with E-state index in [0.717, 1.165) is 43.3 Å². The van der Waals surface area contributed by atoms with Gasteiger partial charge in [-0.1, -0.05) is 18.2 Å². The zero-order valence-corrected chi connectivity index (χ0v) is 13.2. The maximum Gasteiger partial charge on any atom is 0.142 e. The second kappa shape index (κ2) is 6.18. The van der Waals surface area contributed by atoms with Crippen molar-refractivity contribution in [2.24, 2.45) is 0 Å². The van der Waals surface area contributed by atoms with E-state index in [9.17, 15) is 0 Å². The molecule has 0 unspecified atom stereocenters. The number of nitrogens with two attached hydrogens (primary N) is 1. The molecule has 0 aromatic heterocycles. The zero-order valence-electron chi connectivity index (χ0n) is 13.2. The third kappa shape index (κ3) is 2.82. The minimum Gasteiger partial charge on any atom is -0.495 e. The summed E-state index contributed by atoms with van der Waals surface area (Å²) < 4.78 is 5.47. The third-order valence-corrected chi connectivity index (χ3v) is 4.23. The molecule has 0 amide bonds. The molecule has 1 saturated heterocycles. The van der Waals surface area contributed by atoms with Gasteiger partial charge in [-0.05, 0) is 36.8 Å². The van der Waals surface area contributed by atoms with Crippen LogP contribution in [0.15, 0.2) is 42.5 Å². The van der Waals surface area contributed by atoms with E-state index < -0.39 is 0 Å². The van der Waals surface area contributed by atoms with Gasteiger partial charge < -0.3 is 20.3 Å². The normalized spacial score (nSPS) is 15.0. The topological polar surface area (TPSA) is 41.7 Å². The Morgan fingerprint density at radius 2 is 1.55 bits per heavy atom. The van der Waals surface area contributed by atoms with Crippen molar-refractivity contribution in [2.45, 2.75) is 6.92 Å². The quantitative estimate of drug-likeness (QED) is 0.885. The van der Waals surface area contributed by atoms with Crippen molar-refractivity contribution in [1.82, 2.24) is 0 Å². The fraction of sp³-hybridized carbons (Fsp3) is 0.333. The number of nitrogen functional groups attached to an aromatic ring is 1. The molecule has 1 aliphatic rings. The Morgan fingerprint density at radius 3 is 2.18 bits per heavy atom. The van der Waals surface area contributed by atoms with Gasteiger partial charge in [0.05, 0.1) is 24.2 Å². The van der Waals surface area contributed by atoms with Crippen molar-refractivity contribution >= 4 is 17.1 Å². The number of para-hydroxylation sites is 2. The van der Waals surface area contributed by atoms with E-state index >= 15 is 0 Å². The van der Waals surface area contributed by atoms with Crippen LogP contribution < -0.4 is 20.3 Å². The van der Waals surface area contributed by atoms with Crippen LogP contribution in [0, 0.1) is 6.92 Å². The Balaban J connectivity index is 1.72. The maximum atomic E-state index is 6.17. The van der Waals surface area contributed by atoms with Gasteiger partial charge in [-0.3, -0.25) is 0 Å². The highest BCUT2D eigenvalue weighted by molar-refractivity contribution is 5.69. The van der Waals surface area contributed by atoms with Crippen LogP contribution in [0.1, 0.15) is 5.56 Å². The fourth-order valence-corrected chi connectivity index (χ4v) is 3.04. The molecule has 1 heterocycles. The number of hydrogen-bond acceptors (Lipinski definition) is 4. The van der Waals surface area contributed by atoms with Gasteiger partial charge in [0.25, 0.3) is 0 Å². The number of benzene rings is 2. The van der Waals surface area contributed by atoms with Gasteiger partial charge in [0.15, 0.2) is 0 Å². The summed E-state index contributed by atoms with van der Waals surface area (Å²) in [5.41, 5.74) is 10.5. The highest BCUT2D eigenvalue weighted by Crippen LogP contribution is 2.30. The Bertz CT molecular complexity index is 649. The number of piperazine rings is 1. The Morgan fingerprint density at radius 1 is 0.909 bits per heavy atom. The van der Waals surface area contributed by atoms with Crippen molar-refractivity contribution in [3.63, 3.8) is 0 Å². The lowest BCUT2D eigenvalue weighted by Crippen LogP contribution is -2.46. The van der Waals surface area contributed by atoms with Crippen LogP contribution in [0.5, 0.6) is 5.75 Å². The molecule has 0 saturated carbocycles. The number of aryl methyl sites for hydroxylation is 1. The molecule has 2 aromatic rings. The second-order valence-corrected chi connectivity index (χ2v) is 5.71. The monoisotopic (exact) mass is 297 g/mol. The largest absolute Gasteiger partial charge is 0.495 e. The van der Waals surface area contributed by atoms with Gasteiger partial charge in [-0.15, -0.1) is 0 Å². The number of anilines is 3. The van der Waals surface area contributed by atoms with Crippen molar-refractivity contribution < 1.29 is 4.74 Å². The number of hydrogen-bond donors (Lipinski definition) is 1. The summed E-state index contributed by atoms with van der Waals surface area (Å²) in [4.78, 5) is 4.74.